The average Bonchev–Trinajstić information content (AvgIpc) is 3.23. The summed E-state index contributed by atoms with van der Waals surface area (Å²) in [5.41, 5.74) is 2.45. The van der Waals surface area contributed by atoms with E-state index in [1.807, 2.05) is 29.7 Å². The van der Waals surface area contributed by atoms with Crippen LogP contribution in [-0.4, -0.2) is 39.3 Å². The zero-order chi connectivity index (χ0) is 27.4. The molecule has 1 aliphatic rings. The molecule has 14 heteroatoms. The minimum Gasteiger partial charge on any atom is -0.367 e. The molecule has 0 amide bonds. The number of nitrogens with one attached hydrogen (secondary N) is 1. The first-order chi connectivity index (χ1) is 17.6. The molecule has 3 aromatic heterocycles. The van der Waals surface area contributed by atoms with Crippen molar-refractivity contribution in [3.63, 3.8) is 0 Å². The van der Waals surface area contributed by atoms with E-state index >= 15 is 0 Å². The Morgan fingerprint density at radius 2 is 1.53 bits per heavy atom. The number of hydrogen-bond donors (Lipinski definition) is 1. The van der Waals surface area contributed by atoms with E-state index in [1.54, 1.807) is 24.3 Å². The average molecular weight is 574 g/mol. The number of sulfone groups is 1. The Hall–Kier alpha value is -3.26. The monoisotopic (exact) mass is 573 g/mol. The van der Waals surface area contributed by atoms with Crippen molar-refractivity contribution in [2.45, 2.75) is 53.7 Å². The number of rotatable bonds is 6. The van der Waals surface area contributed by atoms with Crippen molar-refractivity contribution in [3.8, 4) is 11.1 Å². The summed E-state index contributed by atoms with van der Waals surface area (Å²) >= 11 is 0. The molecule has 4 aromatic rings. The molecule has 0 saturated heterocycles. The Morgan fingerprint density at radius 1 is 0.868 bits per heavy atom. The smallest absolute Gasteiger partial charge is 0.311 e. The van der Waals surface area contributed by atoms with Gasteiger partial charge in [0, 0.05) is 12.2 Å². The van der Waals surface area contributed by atoms with Gasteiger partial charge in [-0.1, -0.05) is 31.6 Å². The molecule has 0 bridgehead atoms. The number of halogens is 5. The van der Waals surface area contributed by atoms with E-state index in [2.05, 4.69) is 20.5 Å². The molecule has 204 valence electrons. The van der Waals surface area contributed by atoms with Gasteiger partial charge in [-0.3, -0.25) is 4.40 Å². The van der Waals surface area contributed by atoms with Crippen LogP contribution in [0.25, 0.3) is 16.8 Å². The van der Waals surface area contributed by atoms with Crippen molar-refractivity contribution in [3.05, 3.63) is 66.7 Å². The molecule has 38 heavy (non-hydrogen) atoms. The van der Waals surface area contributed by atoms with Crippen molar-refractivity contribution in [2.75, 3.05) is 5.32 Å². The highest BCUT2D eigenvalue weighted by atomic mass is 32.5. The number of benzene rings is 1. The van der Waals surface area contributed by atoms with Crippen LogP contribution in [0.1, 0.15) is 31.5 Å². The topological polar surface area (TPSA) is 89.2 Å². The van der Waals surface area contributed by atoms with E-state index in [0.717, 1.165) is 23.0 Å². The van der Waals surface area contributed by atoms with Gasteiger partial charge in [-0.15, -0.1) is 10.2 Å². The van der Waals surface area contributed by atoms with Crippen molar-refractivity contribution in [1.82, 2.24) is 19.6 Å². The summed E-state index contributed by atoms with van der Waals surface area (Å²) in [6, 6.07) is 11.3. The molecule has 7 nitrogen and oxygen atoms in total. The second-order valence-corrected chi connectivity index (χ2v) is 14.1. The summed E-state index contributed by atoms with van der Waals surface area (Å²) in [5, 5.41) is 10.4. The molecule has 0 spiro atoms. The molecule has 1 fully saturated rings. The van der Waals surface area contributed by atoms with Crippen LogP contribution in [0.5, 0.6) is 0 Å². The van der Waals surface area contributed by atoms with Crippen molar-refractivity contribution < 1.29 is 27.8 Å². The van der Waals surface area contributed by atoms with Crippen LogP contribution in [0.2, 0.25) is 0 Å². The molecular weight excluding hydrogens is 549 g/mol. The normalized spacial score (nSPS) is 20.6. The fourth-order valence-corrected chi connectivity index (χ4v) is 7.00. The second-order valence-electron chi connectivity index (χ2n) is 9.43. The van der Waals surface area contributed by atoms with Gasteiger partial charge in [0.25, 0.3) is 0 Å². The molecule has 5 rings (SSSR count). The lowest BCUT2D eigenvalue weighted by molar-refractivity contribution is 0.363. The number of fused-ring (bicyclic) bond motifs is 1. The second kappa shape index (κ2) is 8.37. The number of anilines is 1. The first-order valence-electron chi connectivity index (χ1n) is 11.7. The van der Waals surface area contributed by atoms with Crippen LogP contribution in [0, 0.1) is 6.92 Å². The Kier molecular flexibility index (Phi) is 5.80. The SMILES string of the molecule is Cc1nnc2ccc(-c3ccc(S(=O)(=O)C4CCC(Nc5ccc(S(F)(F)(F)(F)F)cn5)CC4)cc3)cn12. The van der Waals surface area contributed by atoms with Crippen LogP contribution < -0.4 is 5.32 Å². The molecule has 3 heterocycles. The predicted octanol–water partition coefficient (Wildman–Crippen LogP) is 6.95. The number of nitrogens with zero attached hydrogens (tertiary/aromatic N) is 4. The molecule has 0 unspecified atom stereocenters. The Labute approximate surface area is 215 Å². The summed E-state index contributed by atoms with van der Waals surface area (Å²) in [5.74, 6) is 0.764. The van der Waals surface area contributed by atoms with Crippen molar-refractivity contribution >= 4 is 31.5 Å². The van der Waals surface area contributed by atoms with Crippen LogP contribution in [0.4, 0.5) is 25.2 Å². The van der Waals surface area contributed by atoms with E-state index in [-0.39, 0.29) is 23.0 Å². The Bertz CT molecular complexity index is 1600. The third kappa shape index (κ3) is 5.32. The molecule has 1 saturated carbocycles. The lowest BCUT2D eigenvalue weighted by Gasteiger charge is -2.40. The van der Waals surface area contributed by atoms with Gasteiger partial charge in [0.1, 0.15) is 16.5 Å². The van der Waals surface area contributed by atoms with E-state index in [0.29, 0.717) is 37.4 Å². The molecular formula is C24H24F5N5O2S2. The predicted molar refractivity (Wildman–Crippen MR) is 136 cm³/mol. The third-order valence-electron chi connectivity index (χ3n) is 6.74. The summed E-state index contributed by atoms with van der Waals surface area (Å²) in [4.78, 5) is 1.65. The van der Waals surface area contributed by atoms with E-state index < -0.39 is 30.2 Å². The molecule has 0 radical (unpaired) electrons. The maximum atomic E-state index is 13.2. The maximum absolute atomic E-state index is 13.2. The fourth-order valence-electron chi connectivity index (χ4n) is 4.63. The zero-order valence-electron chi connectivity index (χ0n) is 20.1. The molecule has 1 aromatic carbocycles. The number of hydrogen-bond acceptors (Lipinski definition) is 6. The minimum absolute atomic E-state index is 0.0253. The van der Waals surface area contributed by atoms with Crippen LogP contribution in [-0.2, 0) is 9.84 Å². The Morgan fingerprint density at radius 3 is 2.13 bits per heavy atom. The van der Waals surface area contributed by atoms with Crippen molar-refractivity contribution in [1.29, 1.82) is 0 Å². The van der Waals surface area contributed by atoms with Gasteiger partial charge in [0.05, 0.1) is 16.3 Å². The highest BCUT2D eigenvalue weighted by molar-refractivity contribution is 8.45. The summed E-state index contributed by atoms with van der Waals surface area (Å²) in [6.07, 6.45) is 3.57. The molecule has 1 N–H and O–H groups in total. The van der Waals surface area contributed by atoms with E-state index in [9.17, 15) is 27.8 Å². The fraction of sp³-hybridized carbons (Fsp3) is 0.292. The lowest BCUT2D eigenvalue weighted by Crippen LogP contribution is -2.33. The van der Waals surface area contributed by atoms with Crippen LogP contribution >= 0.6 is 10.2 Å². The zero-order valence-corrected chi connectivity index (χ0v) is 21.7. The number of aryl methyl sites for hydroxylation is 1. The van der Waals surface area contributed by atoms with E-state index in [1.165, 1.54) is 0 Å². The maximum Gasteiger partial charge on any atom is 0.311 e. The summed E-state index contributed by atoms with van der Waals surface area (Å²) in [7, 11) is -13.4. The largest absolute Gasteiger partial charge is 0.367 e. The van der Waals surface area contributed by atoms with Gasteiger partial charge in [0.15, 0.2) is 15.5 Å². The quantitative estimate of drug-likeness (QED) is 0.251. The molecule has 1 aliphatic carbocycles. The van der Waals surface area contributed by atoms with Gasteiger partial charge in [-0.05, 0) is 80.1 Å². The van der Waals surface area contributed by atoms with Crippen LogP contribution in [0.3, 0.4) is 0 Å². The standard InChI is InChI=1S/C24H24F5N5O2S2/c1-16-32-33-24-13-4-18(15-34(16)24)17-2-7-20(8-3-17)37(35,36)21-9-5-19(6-10-21)31-23-12-11-22(14-30-23)38(25,26,27,28)29/h2-4,7-8,11-15,19,21H,5-6,9-10H2,1H3,(H,30,31). The third-order valence-corrected chi connectivity index (χ3v) is 10.1. The molecule has 0 aliphatic heterocycles. The highest BCUT2D eigenvalue weighted by Crippen LogP contribution is 3.02. The van der Waals surface area contributed by atoms with Gasteiger partial charge >= 0.3 is 10.2 Å². The Balaban J connectivity index is 1.23. The minimum atomic E-state index is -9.78. The molecule has 0 atom stereocenters. The van der Waals surface area contributed by atoms with Crippen molar-refractivity contribution in [2.24, 2.45) is 0 Å². The highest BCUT2D eigenvalue weighted by Gasteiger charge is 2.65. The first kappa shape index (κ1) is 26.4. The van der Waals surface area contributed by atoms with Crippen LogP contribution in [0.15, 0.2) is 70.7 Å². The summed E-state index contributed by atoms with van der Waals surface area (Å²) in [6.45, 7) is 1.84. The van der Waals surface area contributed by atoms with Gasteiger partial charge in [-0.25, -0.2) is 13.4 Å². The number of pyridine rings is 2. The number of aromatic nitrogens is 4. The van der Waals surface area contributed by atoms with E-state index in [4.69, 9.17) is 0 Å². The van der Waals surface area contributed by atoms with Gasteiger partial charge < -0.3 is 5.32 Å². The summed E-state index contributed by atoms with van der Waals surface area (Å²) < 4.78 is 92.7. The van der Waals surface area contributed by atoms with Gasteiger partial charge in [0.2, 0.25) is 0 Å². The lowest BCUT2D eigenvalue weighted by atomic mass is 9.95. The first-order valence-corrected chi connectivity index (χ1v) is 15.2. The van der Waals surface area contributed by atoms with Gasteiger partial charge in [-0.2, -0.15) is 0 Å².